The van der Waals surface area contributed by atoms with Crippen LogP contribution in [0.25, 0.3) is 0 Å². The second-order valence-corrected chi connectivity index (χ2v) is 7.06. The first-order valence-electron chi connectivity index (χ1n) is 5.83. The van der Waals surface area contributed by atoms with Gasteiger partial charge in [0, 0.05) is 23.4 Å². The van der Waals surface area contributed by atoms with Crippen LogP contribution < -0.4 is 0 Å². The molecule has 0 amide bonds. The van der Waals surface area contributed by atoms with Crippen molar-refractivity contribution in [1.82, 2.24) is 0 Å². The Hall–Kier alpha value is 0.280. The number of allylic oxidation sites excluding steroid dienone is 2. The molecule has 0 saturated carbocycles. The Morgan fingerprint density at radius 1 is 0.727 bits per heavy atom. The molecule has 0 saturated heterocycles. The molecule has 0 spiro atoms. The predicted molar refractivity (Wildman–Crippen MR) is 87.2 cm³/mol. The Balaban J connectivity index is -0.000000266. The first-order chi connectivity index (χ1) is 10.0. The smallest absolute Gasteiger partial charge is 0.348 e. The van der Waals surface area contributed by atoms with Crippen molar-refractivity contribution in [1.29, 1.82) is 0 Å². The molecule has 0 aliphatic heterocycles. The maximum absolute atomic E-state index is 10.1. The number of halogens is 2. The monoisotopic (exact) mass is 402 g/mol. The summed E-state index contributed by atoms with van der Waals surface area (Å²) in [6, 6.07) is 0. The normalized spacial score (nSPS) is 11.8. The summed E-state index contributed by atoms with van der Waals surface area (Å²) in [6.07, 6.45) is 3.72. The van der Waals surface area contributed by atoms with Crippen molar-refractivity contribution in [3.05, 3.63) is 23.8 Å². The number of alkyl halides is 2. The minimum Gasteiger partial charge on any atom is -0.394 e. The van der Waals surface area contributed by atoms with Crippen molar-refractivity contribution in [2.24, 2.45) is 0 Å². The SMILES string of the molecule is O=P(O)(O)C=CCCCl.O=P(O)(O)C=CCCCl.OCCO. The lowest BCUT2D eigenvalue weighted by Gasteiger charge is -1.91. The molecule has 0 radical (unpaired) electrons. The van der Waals surface area contributed by atoms with Crippen LogP contribution in [0.1, 0.15) is 12.8 Å². The highest BCUT2D eigenvalue weighted by Gasteiger charge is 2.04. The van der Waals surface area contributed by atoms with E-state index in [4.69, 9.17) is 53.0 Å². The molecular weight excluding hydrogens is 381 g/mol. The lowest BCUT2D eigenvalue weighted by molar-refractivity contribution is 0.186. The molecule has 0 fully saturated rings. The summed E-state index contributed by atoms with van der Waals surface area (Å²) in [5.41, 5.74) is 0. The maximum Gasteiger partial charge on any atom is 0.348 e. The molecular formula is C10H22Cl2O8P2. The number of hydrogen-bond donors (Lipinski definition) is 6. The summed E-state index contributed by atoms with van der Waals surface area (Å²) in [5, 5.41) is 15.2. The Morgan fingerprint density at radius 3 is 1.14 bits per heavy atom. The first kappa shape index (κ1) is 27.1. The Morgan fingerprint density at radius 2 is 1.00 bits per heavy atom. The van der Waals surface area contributed by atoms with Gasteiger partial charge in [-0.05, 0) is 12.8 Å². The third-order valence-corrected chi connectivity index (χ3v) is 2.89. The van der Waals surface area contributed by atoms with E-state index in [0.717, 1.165) is 11.6 Å². The molecule has 0 atom stereocenters. The van der Waals surface area contributed by atoms with Crippen LogP contribution in [-0.2, 0) is 9.13 Å². The standard InChI is InChI=1S/2C4H8ClO3P.C2H6O2/c2*5-3-1-2-4-9(6,7)8;3-1-2-4/h2*2,4H,1,3H2,(H2,6,7,8);3-4H,1-2H2. The van der Waals surface area contributed by atoms with E-state index >= 15 is 0 Å². The van der Waals surface area contributed by atoms with Crippen LogP contribution in [0, 0.1) is 0 Å². The zero-order valence-corrected chi connectivity index (χ0v) is 15.0. The van der Waals surface area contributed by atoms with Crippen LogP contribution in [0.3, 0.4) is 0 Å². The second kappa shape index (κ2) is 17.6. The quantitative estimate of drug-likeness (QED) is 0.277. The average Bonchev–Trinajstić information content (AvgIpc) is 2.38. The Kier molecular flexibility index (Phi) is 21.8. The summed E-state index contributed by atoms with van der Waals surface area (Å²) < 4.78 is 20.1. The van der Waals surface area contributed by atoms with Crippen LogP contribution in [0.4, 0.5) is 0 Å². The van der Waals surface area contributed by atoms with Gasteiger partial charge in [0.2, 0.25) is 0 Å². The summed E-state index contributed by atoms with van der Waals surface area (Å²) in [7, 11) is -7.87. The summed E-state index contributed by atoms with van der Waals surface area (Å²) in [6.45, 7) is -0.250. The zero-order chi connectivity index (χ0) is 18.1. The van der Waals surface area contributed by atoms with Gasteiger partial charge >= 0.3 is 15.2 Å². The molecule has 0 heterocycles. The predicted octanol–water partition coefficient (Wildman–Crippen LogP) is 1.58. The van der Waals surface area contributed by atoms with E-state index < -0.39 is 15.2 Å². The molecule has 0 bridgehead atoms. The number of rotatable bonds is 7. The third-order valence-electron chi connectivity index (χ3n) is 1.25. The van der Waals surface area contributed by atoms with Crippen molar-refractivity contribution in [2.75, 3.05) is 25.0 Å². The van der Waals surface area contributed by atoms with E-state index in [1.165, 1.54) is 12.2 Å². The van der Waals surface area contributed by atoms with Gasteiger partial charge in [-0.15, -0.1) is 23.2 Å². The fourth-order valence-corrected chi connectivity index (χ4v) is 1.65. The van der Waals surface area contributed by atoms with Crippen molar-refractivity contribution >= 4 is 38.4 Å². The summed E-state index contributed by atoms with van der Waals surface area (Å²) in [4.78, 5) is 32.9. The molecule has 134 valence electrons. The Labute approximate surface area is 139 Å². The first-order valence-corrected chi connectivity index (χ1v) is 10.3. The van der Waals surface area contributed by atoms with Crippen molar-refractivity contribution < 1.29 is 38.9 Å². The van der Waals surface area contributed by atoms with Crippen molar-refractivity contribution in [2.45, 2.75) is 12.8 Å². The molecule has 0 aromatic rings. The molecule has 0 aliphatic carbocycles. The minimum absolute atomic E-state index is 0.125. The molecule has 8 nitrogen and oxygen atoms in total. The molecule has 0 rings (SSSR count). The largest absolute Gasteiger partial charge is 0.394 e. The van der Waals surface area contributed by atoms with Crippen LogP contribution in [0.15, 0.2) is 23.8 Å². The van der Waals surface area contributed by atoms with E-state index in [0.29, 0.717) is 24.6 Å². The van der Waals surface area contributed by atoms with Crippen molar-refractivity contribution in [3.8, 4) is 0 Å². The molecule has 0 unspecified atom stereocenters. The molecule has 22 heavy (non-hydrogen) atoms. The highest BCUT2D eigenvalue weighted by atomic mass is 35.5. The van der Waals surface area contributed by atoms with Crippen LogP contribution in [0.2, 0.25) is 0 Å². The average molecular weight is 403 g/mol. The maximum atomic E-state index is 10.1. The van der Waals surface area contributed by atoms with Gasteiger partial charge in [-0.25, -0.2) is 0 Å². The van der Waals surface area contributed by atoms with E-state index in [9.17, 15) is 9.13 Å². The number of hydrogen-bond acceptors (Lipinski definition) is 4. The van der Waals surface area contributed by atoms with Crippen molar-refractivity contribution in [3.63, 3.8) is 0 Å². The van der Waals surface area contributed by atoms with Gasteiger partial charge in [-0.2, -0.15) is 0 Å². The lowest BCUT2D eigenvalue weighted by Crippen LogP contribution is -1.85. The highest BCUT2D eigenvalue weighted by molar-refractivity contribution is 7.55. The number of aliphatic hydroxyl groups is 2. The zero-order valence-electron chi connectivity index (χ0n) is 11.7. The lowest BCUT2D eigenvalue weighted by atomic mass is 10.5. The van der Waals surface area contributed by atoms with Gasteiger partial charge < -0.3 is 29.8 Å². The second-order valence-electron chi connectivity index (χ2n) is 3.35. The summed E-state index contributed by atoms with van der Waals surface area (Å²) >= 11 is 10.5. The van der Waals surface area contributed by atoms with Crippen LogP contribution in [-0.4, -0.2) is 54.8 Å². The van der Waals surface area contributed by atoms with E-state index in [-0.39, 0.29) is 13.2 Å². The molecule has 0 aromatic heterocycles. The minimum atomic E-state index is -3.93. The molecule has 0 aliphatic rings. The topological polar surface area (TPSA) is 156 Å². The summed E-state index contributed by atoms with van der Waals surface area (Å²) in [5.74, 6) is 2.48. The Bertz CT molecular complexity index is 341. The van der Waals surface area contributed by atoms with Gasteiger partial charge in [-0.1, -0.05) is 12.2 Å². The van der Waals surface area contributed by atoms with Gasteiger partial charge in [0.25, 0.3) is 0 Å². The van der Waals surface area contributed by atoms with Crippen LogP contribution >= 0.6 is 38.4 Å². The fourth-order valence-electron chi connectivity index (χ4n) is 0.550. The van der Waals surface area contributed by atoms with Gasteiger partial charge in [0.05, 0.1) is 13.2 Å². The van der Waals surface area contributed by atoms with Crippen LogP contribution in [0.5, 0.6) is 0 Å². The molecule has 6 N–H and O–H groups in total. The van der Waals surface area contributed by atoms with E-state index in [1.807, 2.05) is 0 Å². The van der Waals surface area contributed by atoms with E-state index in [1.54, 1.807) is 0 Å². The fraction of sp³-hybridized carbons (Fsp3) is 0.600. The van der Waals surface area contributed by atoms with Gasteiger partial charge in [-0.3, -0.25) is 9.13 Å². The highest BCUT2D eigenvalue weighted by Crippen LogP contribution is 2.36. The van der Waals surface area contributed by atoms with Gasteiger partial charge in [0.15, 0.2) is 0 Å². The third kappa shape index (κ3) is 42.7. The molecule has 0 aromatic carbocycles. The van der Waals surface area contributed by atoms with E-state index in [2.05, 4.69) is 0 Å². The molecule has 12 heteroatoms. The van der Waals surface area contributed by atoms with Gasteiger partial charge in [0.1, 0.15) is 0 Å². The number of aliphatic hydroxyl groups excluding tert-OH is 2.